The Kier molecular flexibility index (Phi) is 4.01. The number of hydrogen-bond donors (Lipinski definition) is 0. The summed E-state index contributed by atoms with van der Waals surface area (Å²) >= 11 is 0. The molecule has 1 heterocycles. The van der Waals surface area contributed by atoms with E-state index >= 15 is 0 Å². The molecule has 1 aliphatic rings. The summed E-state index contributed by atoms with van der Waals surface area (Å²) in [7, 11) is 0. The van der Waals surface area contributed by atoms with E-state index < -0.39 is 5.97 Å². The molecule has 0 atom stereocenters. The summed E-state index contributed by atoms with van der Waals surface area (Å²) in [4.78, 5) is 15.3. The van der Waals surface area contributed by atoms with Crippen LogP contribution in [0.25, 0.3) is 0 Å². The summed E-state index contributed by atoms with van der Waals surface area (Å²) in [5.74, 6) is -0.477. The molecule has 0 aromatic carbocycles. The van der Waals surface area contributed by atoms with Gasteiger partial charge in [-0.25, -0.2) is 4.79 Å². The second kappa shape index (κ2) is 5.70. The average Bonchev–Trinajstić information content (AvgIpc) is 2.79. The molecule has 0 amide bonds. The van der Waals surface area contributed by atoms with Crippen LogP contribution in [0.3, 0.4) is 0 Å². The SMILES string of the molecule is CCOC(=O)c1coc(OC2CCCCC2)n1. The smallest absolute Gasteiger partial charge is 0.394 e. The van der Waals surface area contributed by atoms with Crippen molar-refractivity contribution in [3.63, 3.8) is 0 Å². The van der Waals surface area contributed by atoms with Gasteiger partial charge in [-0.15, -0.1) is 0 Å². The van der Waals surface area contributed by atoms with E-state index in [1.54, 1.807) is 6.92 Å². The predicted octanol–water partition coefficient (Wildman–Crippen LogP) is 2.56. The first-order chi connectivity index (χ1) is 8.29. The Morgan fingerprint density at radius 1 is 1.47 bits per heavy atom. The lowest BCUT2D eigenvalue weighted by Gasteiger charge is -2.20. The third-order valence-corrected chi connectivity index (χ3v) is 2.79. The first-order valence-electron chi connectivity index (χ1n) is 6.09. The van der Waals surface area contributed by atoms with Crippen molar-refractivity contribution < 1.29 is 18.7 Å². The van der Waals surface area contributed by atoms with Crippen molar-refractivity contribution in [3.8, 4) is 6.08 Å². The Morgan fingerprint density at radius 3 is 2.94 bits per heavy atom. The number of rotatable bonds is 4. The number of hydrogen-bond acceptors (Lipinski definition) is 5. The topological polar surface area (TPSA) is 61.6 Å². The Hall–Kier alpha value is -1.52. The number of esters is 1. The van der Waals surface area contributed by atoms with Crippen LogP contribution in [0.5, 0.6) is 6.08 Å². The zero-order chi connectivity index (χ0) is 12.1. The van der Waals surface area contributed by atoms with Crippen molar-refractivity contribution in [1.29, 1.82) is 0 Å². The third kappa shape index (κ3) is 3.22. The highest BCUT2D eigenvalue weighted by Crippen LogP contribution is 2.22. The van der Waals surface area contributed by atoms with Crippen LogP contribution in [0.1, 0.15) is 49.5 Å². The van der Waals surface area contributed by atoms with Gasteiger partial charge in [0, 0.05) is 0 Å². The number of oxazole rings is 1. The number of carbonyl (C=O) groups excluding carboxylic acids is 1. The van der Waals surface area contributed by atoms with Gasteiger partial charge in [0.05, 0.1) is 6.61 Å². The molecule has 2 rings (SSSR count). The van der Waals surface area contributed by atoms with Crippen LogP contribution in [0.15, 0.2) is 10.7 Å². The fourth-order valence-corrected chi connectivity index (χ4v) is 1.94. The maximum absolute atomic E-state index is 11.3. The zero-order valence-electron chi connectivity index (χ0n) is 9.98. The zero-order valence-corrected chi connectivity index (χ0v) is 9.98. The van der Waals surface area contributed by atoms with Gasteiger partial charge in [-0.1, -0.05) is 6.42 Å². The fourth-order valence-electron chi connectivity index (χ4n) is 1.94. The van der Waals surface area contributed by atoms with Gasteiger partial charge in [0.1, 0.15) is 12.4 Å². The van der Waals surface area contributed by atoms with E-state index in [-0.39, 0.29) is 17.9 Å². The molecule has 0 spiro atoms. The van der Waals surface area contributed by atoms with Gasteiger partial charge in [-0.05, 0) is 32.6 Å². The van der Waals surface area contributed by atoms with E-state index in [2.05, 4.69) is 4.98 Å². The second-order valence-electron chi connectivity index (χ2n) is 4.10. The maximum atomic E-state index is 11.3. The summed E-state index contributed by atoms with van der Waals surface area (Å²) in [5.41, 5.74) is 0.164. The quantitative estimate of drug-likeness (QED) is 0.755. The van der Waals surface area contributed by atoms with E-state index in [4.69, 9.17) is 13.9 Å². The second-order valence-corrected chi connectivity index (χ2v) is 4.10. The van der Waals surface area contributed by atoms with Gasteiger partial charge in [0.25, 0.3) is 0 Å². The van der Waals surface area contributed by atoms with E-state index in [9.17, 15) is 4.79 Å². The fraction of sp³-hybridized carbons (Fsp3) is 0.667. The Morgan fingerprint density at radius 2 is 2.24 bits per heavy atom. The monoisotopic (exact) mass is 239 g/mol. The van der Waals surface area contributed by atoms with Gasteiger partial charge in [0.2, 0.25) is 0 Å². The van der Waals surface area contributed by atoms with Crippen molar-refractivity contribution in [3.05, 3.63) is 12.0 Å². The normalized spacial score (nSPS) is 16.8. The minimum absolute atomic E-state index is 0.164. The van der Waals surface area contributed by atoms with Gasteiger partial charge < -0.3 is 13.9 Å². The molecule has 0 unspecified atom stereocenters. The van der Waals surface area contributed by atoms with Crippen LogP contribution in [0.2, 0.25) is 0 Å². The number of carbonyl (C=O) groups is 1. The molecule has 0 aliphatic heterocycles. The van der Waals surface area contributed by atoms with Crippen LogP contribution in [0.4, 0.5) is 0 Å². The molecule has 5 heteroatoms. The van der Waals surface area contributed by atoms with Gasteiger partial charge in [-0.2, -0.15) is 4.98 Å². The van der Waals surface area contributed by atoms with Gasteiger partial charge in [0.15, 0.2) is 5.69 Å². The van der Waals surface area contributed by atoms with Crippen LogP contribution >= 0.6 is 0 Å². The van der Waals surface area contributed by atoms with Crippen LogP contribution in [-0.2, 0) is 4.74 Å². The molecule has 94 valence electrons. The largest absolute Gasteiger partial charge is 0.461 e. The lowest BCUT2D eigenvalue weighted by atomic mass is 9.98. The predicted molar refractivity (Wildman–Crippen MR) is 60.0 cm³/mol. The molecule has 1 fully saturated rings. The lowest BCUT2D eigenvalue weighted by Crippen LogP contribution is -2.19. The first kappa shape index (κ1) is 12.0. The number of nitrogens with zero attached hydrogens (tertiary/aromatic N) is 1. The van der Waals surface area contributed by atoms with Crippen molar-refractivity contribution in [1.82, 2.24) is 4.98 Å². The lowest BCUT2D eigenvalue weighted by molar-refractivity contribution is 0.0518. The van der Waals surface area contributed by atoms with E-state index in [1.165, 1.54) is 25.5 Å². The molecular formula is C12H17NO4. The standard InChI is InChI=1S/C12H17NO4/c1-2-15-11(14)10-8-16-12(13-10)17-9-6-4-3-5-7-9/h8-9H,2-7H2,1H3. The van der Waals surface area contributed by atoms with Crippen LogP contribution in [-0.4, -0.2) is 23.7 Å². The average molecular weight is 239 g/mol. The Balaban J connectivity index is 1.91. The van der Waals surface area contributed by atoms with Crippen LogP contribution in [0, 0.1) is 0 Å². The molecule has 17 heavy (non-hydrogen) atoms. The molecule has 1 aromatic rings. The molecule has 0 bridgehead atoms. The summed E-state index contributed by atoms with van der Waals surface area (Å²) in [6.45, 7) is 2.07. The molecule has 5 nitrogen and oxygen atoms in total. The molecule has 0 saturated heterocycles. The minimum atomic E-state index is -0.477. The number of aromatic nitrogens is 1. The maximum Gasteiger partial charge on any atom is 0.394 e. The summed E-state index contributed by atoms with van der Waals surface area (Å²) in [6, 6.07) is 0. The van der Waals surface area contributed by atoms with Crippen molar-refractivity contribution in [2.45, 2.75) is 45.1 Å². The Bertz CT molecular complexity index is 368. The van der Waals surface area contributed by atoms with E-state index in [1.807, 2.05) is 0 Å². The highest BCUT2D eigenvalue weighted by molar-refractivity contribution is 5.86. The molecule has 0 N–H and O–H groups in total. The molecular weight excluding hydrogens is 222 g/mol. The summed E-state index contributed by atoms with van der Waals surface area (Å²) in [6.07, 6.45) is 7.27. The molecule has 1 saturated carbocycles. The minimum Gasteiger partial charge on any atom is -0.461 e. The highest BCUT2D eigenvalue weighted by Gasteiger charge is 2.19. The van der Waals surface area contributed by atoms with Gasteiger partial charge in [-0.3, -0.25) is 0 Å². The highest BCUT2D eigenvalue weighted by atomic mass is 16.6. The van der Waals surface area contributed by atoms with Gasteiger partial charge >= 0.3 is 12.0 Å². The molecule has 0 radical (unpaired) electrons. The number of ether oxygens (including phenoxy) is 2. The summed E-state index contributed by atoms with van der Waals surface area (Å²) in [5, 5.41) is 0. The van der Waals surface area contributed by atoms with Crippen molar-refractivity contribution >= 4 is 5.97 Å². The summed E-state index contributed by atoms with van der Waals surface area (Å²) < 4.78 is 15.5. The van der Waals surface area contributed by atoms with Crippen molar-refractivity contribution in [2.24, 2.45) is 0 Å². The first-order valence-corrected chi connectivity index (χ1v) is 6.09. The molecule has 1 aliphatic carbocycles. The van der Waals surface area contributed by atoms with Crippen LogP contribution < -0.4 is 4.74 Å². The van der Waals surface area contributed by atoms with Crippen molar-refractivity contribution in [2.75, 3.05) is 6.61 Å². The van der Waals surface area contributed by atoms with E-state index in [0.29, 0.717) is 6.61 Å². The van der Waals surface area contributed by atoms with E-state index in [0.717, 1.165) is 12.8 Å². The Labute approximate surface area is 100 Å². The molecule has 1 aromatic heterocycles. The third-order valence-electron chi connectivity index (χ3n) is 2.79.